The lowest BCUT2D eigenvalue weighted by Gasteiger charge is -2.48. The first-order chi connectivity index (χ1) is 12.2. The molecule has 3 aliphatic rings. The first-order valence-electron chi connectivity index (χ1n) is 8.38. The number of halogens is 3. The van der Waals surface area contributed by atoms with Crippen molar-refractivity contribution in [2.24, 2.45) is 11.3 Å². The summed E-state index contributed by atoms with van der Waals surface area (Å²) in [6.07, 6.45) is -1.06. The van der Waals surface area contributed by atoms with Gasteiger partial charge in [-0.25, -0.2) is 9.78 Å². The topological polar surface area (TPSA) is 73.7 Å². The molecule has 26 heavy (non-hydrogen) atoms. The zero-order chi connectivity index (χ0) is 18.9. The Hall–Kier alpha value is -1.68. The number of carbonyl (C=O) groups excluding carboxylic acids is 1. The maximum Gasteiger partial charge on any atom is 0.490 e. The Bertz CT molecular complexity index is 655. The maximum atomic E-state index is 12.3. The highest BCUT2D eigenvalue weighted by Crippen LogP contribution is 2.42. The van der Waals surface area contributed by atoms with E-state index in [1.165, 1.54) is 50.2 Å². The third-order valence-electron chi connectivity index (χ3n) is 4.95. The average Bonchev–Trinajstić information content (AvgIpc) is 3.02. The van der Waals surface area contributed by atoms with Gasteiger partial charge in [0.2, 0.25) is 0 Å². The first-order valence-corrected chi connectivity index (χ1v) is 9.33. The van der Waals surface area contributed by atoms with Crippen molar-refractivity contribution < 1.29 is 27.9 Å². The van der Waals surface area contributed by atoms with E-state index in [9.17, 15) is 18.0 Å². The summed E-state index contributed by atoms with van der Waals surface area (Å²) in [5.74, 6) is -1.65. The third kappa shape index (κ3) is 4.53. The van der Waals surface area contributed by atoms with Crippen LogP contribution in [0.25, 0.3) is 0 Å². The van der Waals surface area contributed by atoms with Gasteiger partial charge in [0.25, 0.3) is 5.91 Å². The Balaban J connectivity index is 0.000000242. The number of hydrogen-bond acceptors (Lipinski definition) is 5. The molecular weight excluding hydrogens is 371 g/mol. The van der Waals surface area contributed by atoms with Crippen molar-refractivity contribution in [1.82, 2.24) is 14.8 Å². The molecular formula is C16H20F3N3O3S. The number of carboxylic acid groups (broad SMARTS) is 1. The van der Waals surface area contributed by atoms with Gasteiger partial charge in [0, 0.05) is 43.5 Å². The van der Waals surface area contributed by atoms with E-state index < -0.39 is 12.1 Å². The molecule has 10 heteroatoms. The van der Waals surface area contributed by atoms with Crippen LogP contribution in [0.2, 0.25) is 0 Å². The maximum absolute atomic E-state index is 12.3. The molecule has 0 radical (unpaired) electrons. The number of nitrogens with zero attached hydrogens (tertiary/aromatic N) is 3. The van der Waals surface area contributed by atoms with E-state index in [0.717, 1.165) is 19.0 Å². The van der Waals surface area contributed by atoms with E-state index in [2.05, 4.69) is 9.88 Å². The summed E-state index contributed by atoms with van der Waals surface area (Å²) in [6.45, 7) is 5.54. The molecule has 1 amide bonds. The van der Waals surface area contributed by atoms with Gasteiger partial charge in [0.1, 0.15) is 5.69 Å². The lowest BCUT2D eigenvalue weighted by molar-refractivity contribution is -0.192. The van der Waals surface area contributed by atoms with Gasteiger partial charge in [-0.2, -0.15) is 13.2 Å². The van der Waals surface area contributed by atoms with Crippen molar-refractivity contribution in [3.05, 3.63) is 16.6 Å². The minimum atomic E-state index is -5.08. The van der Waals surface area contributed by atoms with Crippen molar-refractivity contribution in [3.8, 4) is 0 Å². The zero-order valence-corrected chi connectivity index (χ0v) is 14.9. The van der Waals surface area contributed by atoms with Crippen molar-refractivity contribution in [1.29, 1.82) is 0 Å². The molecule has 1 aliphatic carbocycles. The quantitative estimate of drug-likeness (QED) is 0.856. The van der Waals surface area contributed by atoms with E-state index in [0.29, 0.717) is 11.1 Å². The predicted molar refractivity (Wildman–Crippen MR) is 87.9 cm³/mol. The molecule has 1 aromatic heterocycles. The molecule has 144 valence electrons. The van der Waals surface area contributed by atoms with Crippen LogP contribution < -0.4 is 0 Å². The number of aliphatic carboxylic acids is 1. The molecule has 0 aromatic carbocycles. The molecule has 0 atom stereocenters. The van der Waals surface area contributed by atoms with Crippen molar-refractivity contribution in [2.75, 3.05) is 32.7 Å². The first kappa shape index (κ1) is 19.1. The van der Waals surface area contributed by atoms with Crippen LogP contribution in [0.4, 0.5) is 13.2 Å². The smallest absolute Gasteiger partial charge is 0.475 e. The number of amides is 1. The summed E-state index contributed by atoms with van der Waals surface area (Å²) in [5, 5.41) is 8.98. The van der Waals surface area contributed by atoms with Gasteiger partial charge in [-0.15, -0.1) is 11.3 Å². The summed E-state index contributed by atoms with van der Waals surface area (Å²) in [4.78, 5) is 29.9. The highest BCUT2D eigenvalue weighted by Gasteiger charge is 2.49. The number of aromatic nitrogens is 1. The molecule has 1 saturated carbocycles. The number of alkyl halides is 3. The van der Waals surface area contributed by atoms with Crippen molar-refractivity contribution >= 4 is 23.2 Å². The van der Waals surface area contributed by atoms with Crippen LogP contribution in [0.3, 0.4) is 0 Å². The van der Waals surface area contributed by atoms with Crippen LogP contribution in [0.1, 0.15) is 29.8 Å². The summed E-state index contributed by atoms with van der Waals surface area (Å²) in [7, 11) is 0. The SMILES string of the molecule is O=C(O)C(F)(F)F.O=C(c1cscn1)N1CCC2(CN(CC3CC3)C2)C1. The molecule has 3 heterocycles. The monoisotopic (exact) mass is 391 g/mol. The molecule has 3 fully saturated rings. The van der Waals surface area contributed by atoms with Gasteiger partial charge in [-0.3, -0.25) is 4.79 Å². The van der Waals surface area contributed by atoms with Gasteiger partial charge >= 0.3 is 12.1 Å². The van der Waals surface area contributed by atoms with Crippen LogP contribution >= 0.6 is 11.3 Å². The van der Waals surface area contributed by atoms with E-state index in [-0.39, 0.29) is 5.91 Å². The van der Waals surface area contributed by atoms with Gasteiger partial charge < -0.3 is 14.9 Å². The van der Waals surface area contributed by atoms with Gasteiger partial charge in [-0.05, 0) is 25.2 Å². The fourth-order valence-electron chi connectivity index (χ4n) is 3.54. The van der Waals surface area contributed by atoms with E-state index in [1.54, 1.807) is 5.51 Å². The Morgan fingerprint density at radius 2 is 1.96 bits per heavy atom. The minimum absolute atomic E-state index is 0.124. The van der Waals surface area contributed by atoms with Gasteiger partial charge in [0.05, 0.1) is 5.51 Å². The number of carbonyl (C=O) groups is 2. The lowest BCUT2D eigenvalue weighted by atomic mass is 9.79. The molecule has 6 nitrogen and oxygen atoms in total. The Labute approximate surface area is 152 Å². The third-order valence-corrected chi connectivity index (χ3v) is 5.54. The number of rotatable bonds is 3. The van der Waals surface area contributed by atoms with Gasteiger partial charge in [0.15, 0.2) is 0 Å². The van der Waals surface area contributed by atoms with Crippen LogP contribution in [-0.4, -0.2) is 70.7 Å². The molecule has 0 unspecified atom stereocenters. The molecule has 1 aromatic rings. The van der Waals surface area contributed by atoms with E-state index >= 15 is 0 Å². The second kappa shape index (κ2) is 7.15. The van der Waals surface area contributed by atoms with Crippen LogP contribution in [0.5, 0.6) is 0 Å². The minimum Gasteiger partial charge on any atom is -0.475 e. The fourth-order valence-corrected chi connectivity index (χ4v) is 4.07. The summed E-state index contributed by atoms with van der Waals surface area (Å²) in [5.41, 5.74) is 2.76. The number of thiazole rings is 1. The lowest BCUT2D eigenvalue weighted by Crippen LogP contribution is -2.58. The number of hydrogen-bond donors (Lipinski definition) is 1. The van der Waals surface area contributed by atoms with Crippen LogP contribution in [0.15, 0.2) is 10.9 Å². The Morgan fingerprint density at radius 3 is 2.46 bits per heavy atom. The van der Waals surface area contributed by atoms with Crippen LogP contribution in [-0.2, 0) is 4.79 Å². The Morgan fingerprint density at radius 1 is 1.31 bits per heavy atom. The molecule has 1 N–H and O–H groups in total. The summed E-state index contributed by atoms with van der Waals surface area (Å²) in [6, 6.07) is 0. The molecule has 2 aliphatic heterocycles. The number of likely N-dealkylation sites (tertiary alicyclic amines) is 2. The molecule has 0 bridgehead atoms. The highest BCUT2D eigenvalue weighted by molar-refractivity contribution is 7.07. The second-order valence-electron chi connectivity index (χ2n) is 7.27. The molecule has 2 saturated heterocycles. The normalized spacial score (nSPS) is 21.9. The number of carboxylic acids is 1. The Kier molecular flexibility index (Phi) is 5.25. The van der Waals surface area contributed by atoms with E-state index in [4.69, 9.17) is 9.90 Å². The van der Waals surface area contributed by atoms with Crippen LogP contribution in [0, 0.1) is 11.3 Å². The summed E-state index contributed by atoms with van der Waals surface area (Å²) < 4.78 is 31.7. The van der Waals surface area contributed by atoms with Gasteiger partial charge in [-0.1, -0.05) is 0 Å². The zero-order valence-electron chi connectivity index (χ0n) is 14.0. The average molecular weight is 391 g/mol. The molecule has 4 rings (SSSR count). The fraction of sp³-hybridized carbons (Fsp3) is 0.688. The molecule has 1 spiro atoms. The standard InChI is InChI=1S/C14H19N3OS.C2HF3O2/c18-13(12-6-19-10-15-12)17-4-3-14(9-17)7-16(8-14)5-11-1-2-11;3-2(4,5)1(6)7/h6,10-11H,1-5,7-9H2;(H,6,7). The van der Waals surface area contributed by atoms with Crippen molar-refractivity contribution in [3.63, 3.8) is 0 Å². The van der Waals surface area contributed by atoms with Crippen molar-refractivity contribution in [2.45, 2.75) is 25.4 Å². The highest BCUT2D eigenvalue weighted by atomic mass is 32.1. The largest absolute Gasteiger partial charge is 0.490 e. The predicted octanol–water partition coefficient (Wildman–Crippen LogP) is 2.33. The van der Waals surface area contributed by atoms with E-state index in [1.807, 2.05) is 10.3 Å². The summed E-state index contributed by atoms with van der Waals surface area (Å²) >= 11 is 1.49. The second-order valence-corrected chi connectivity index (χ2v) is 7.98.